The third kappa shape index (κ3) is 6.14. The van der Waals surface area contributed by atoms with Crippen molar-refractivity contribution in [2.45, 2.75) is 19.4 Å². The van der Waals surface area contributed by atoms with Crippen LogP contribution < -0.4 is 10.2 Å². The Morgan fingerprint density at radius 1 is 1.07 bits per heavy atom. The van der Waals surface area contributed by atoms with E-state index in [0.717, 1.165) is 16.8 Å². The molecule has 0 bridgehead atoms. The number of carboxylic acids is 1. The van der Waals surface area contributed by atoms with E-state index >= 15 is 0 Å². The van der Waals surface area contributed by atoms with Crippen LogP contribution in [0.15, 0.2) is 48.5 Å². The van der Waals surface area contributed by atoms with E-state index in [-0.39, 0.29) is 6.42 Å². The highest BCUT2D eigenvalue weighted by Gasteiger charge is 2.22. The molecular weight excluding hydrogens is 399 g/mol. The normalized spacial score (nSPS) is 11.7. The fourth-order valence-electron chi connectivity index (χ4n) is 2.94. The molecule has 1 amide bonds. The van der Waals surface area contributed by atoms with Gasteiger partial charge in [-0.3, -0.25) is 4.79 Å². The summed E-state index contributed by atoms with van der Waals surface area (Å²) < 4.78 is 0. The van der Waals surface area contributed by atoms with E-state index in [0.29, 0.717) is 30.4 Å². The fraction of sp³-hybridized carbons (Fsp3) is 0.333. The van der Waals surface area contributed by atoms with Crippen molar-refractivity contribution in [2.75, 3.05) is 29.7 Å². The number of rotatable bonds is 10. The molecule has 2 rings (SSSR count). The first kappa shape index (κ1) is 22.1. The van der Waals surface area contributed by atoms with E-state index in [1.54, 1.807) is 12.1 Å². The summed E-state index contributed by atoms with van der Waals surface area (Å²) in [6.07, 6.45) is 0.214. The molecule has 0 aliphatic carbocycles. The number of hydrogen-bond acceptors (Lipinski definition) is 3. The molecule has 0 aromatic heterocycles. The third-order valence-corrected chi connectivity index (χ3v) is 4.75. The summed E-state index contributed by atoms with van der Waals surface area (Å²) in [5.74, 6) is -0.632. The molecule has 0 fully saturated rings. The predicted octanol–water partition coefficient (Wildman–Crippen LogP) is 3.70. The number of benzene rings is 2. The highest BCUT2D eigenvalue weighted by Crippen LogP contribution is 2.22. The van der Waals surface area contributed by atoms with Gasteiger partial charge in [0, 0.05) is 42.5 Å². The quantitative estimate of drug-likeness (QED) is 0.572. The van der Waals surface area contributed by atoms with Crippen molar-refractivity contribution in [3.63, 3.8) is 0 Å². The van der Waals surface area contributed by atoms with Crippen molar-refractivity contribution in [3.05, 3.63) is 65.2 Å². The molecule has 2 aromatic carbocycles. The maximum Gasteiger partial charge on any atom is 0.326 e. The fourth-order valence-corrected chi connectivity index (χ4v) is 3.35. The molecule has 7 heteroatoms. The van der Waals surface area contributed by atoms with Crippen LogP contribution in [0.1, 0.15) is 21.5 Å². The van der Waals surface area contributed by atoms with E-state index < -0.39 is 17.9 Å². The second-order valence-corrected chi connectivity index (χ2v) is 7.18. The van der Waals surface area contributed by atoms with Gasteiger partial charge in [-0.05, 0) is 30.2 Å². The summed E-state index contributed by atoms with van der Waals surface area (Å²) in [6, 6.07) is 13.5. The van der Waals surface area contributed by atoms with E-state index in [1.807, 2.05) is 48.2 Å². The molecule has 0 aliphatic rings. The first-order valence-electron chi connectivity index (χ1n) is 9.01. The number of carbonyl (C=O) groups is 2. The van der Waals surface area contributed by atoms with Gasteiger partial charge < -0.3 is 15.3 Å². The van der Waals surface area contributed by atoms with Gasteiger partial charge >= 0.3 is 5.97 Å². The van der Waals surface area contributed by atoms with Crippen LogP contribution in [-0.4, -0.2) is 47.9 Å². The first-order chi connectivity index (χ1) is 13.5. The number of carboxylic acid groups (broad SMARTS) is 1. The molecular formula is C21H24Cl2N2O3. The van der Waals surface area contributed by atoms with Gasteiger partial charge in [0.2, 0.25) is 0 Å². The van der Waals surface area contributed by atoms with Gasteiger partial charge in [-0.15, -0.1) is 23.2 Å². The number of hydrogen-bond donors (Lipinski definition) is 2. The van der Waals surface area contributed by atoms with E-state index in [4.69, 9.17) is 23.2 Å². The molecule has 28 heavy (non-hydrogen) atoms. The molecule has 0 unspecified atom stereocenters. The zero-order valence-corrected chi connectivity index (χ0v) is 17.2. The van der Waals surface area contributed by atoms with Gasteiger partial charge in [0.1, 0.15) is 6.04 Å². The molecule has 2 aromatic rings. The Labute approximate surface area is 175 Å². The van der Waals surface area contributed by atoms with Crippen LogP contribution in [0.25, 0.3) is 0 Å². The Morgan fingerprint density at radius 2 is 1.71 bits per heavy atom. The van der Waals surface area contributed by atoms with Crippen LogP contribution in [0.4, 0.5) is 5.69 Å². The Hall–Kier alpha value is -2.24. The van der Waals surface area contributed by atoms with Crippen LogP contribution in [0, 0.1) is 6.92 Å². The van der Waals surface area contributed by atoms with E-state index in [9.17, 15) is 14.7 Å². The number of halogens is 2. The lowest BCUT2D eigenvalue weighted by Gasteiger charge is -2.25. The average molecular weight is 423 g/mol. The van der Waals surface area contributed by atoms with Crippen LogP contribution >= 0.6 is 23.2 Å². The topological polar surface area (TPSA) is 69.6 Å². The number of amides is 1. The summed E-state index contributed by atoms with van der Waals surface area (Å²) in [6.45, 7) is 3.15. The van der Waals surface area contributed by atoms with E-state index in [2.05, 4.69) is 5.32 Å². The van der Waals surface area contributed by atoms with Gasteiger partial charge in [0.15, 0.2) is 0 Å². The van der Waals surface area contributed by atoms with Gasteiger partial charge in [-0.25, -0.2) is 4.79 Å². The van der Waals surface area contributed by atoms with Crippen LogP contribution in [0.2, 0.25) is 0 Å². The second kappa shape index (κ2) is 10.9. The van der Waals surface area contributed by atoms with Crippen molar-refractivity contribution in [3.8, 4) is 0 Å². The Morgan fingerprint density at radius 3 is 2.29 bits per heavy atom. The summed E-state index contributed by atoms with van der Waals surface area (Å²) in [5, 5.41) is 12.1. The molecule has 0 spiro atoms. The maximum absolute atomic E-state index is 12.7. The average Bonchev–Trinajstić information content (AvgIpc) is 2.68. The minimum atomic E-state index is -1.07. The van der Waals surface area contributed by atoms with Crippen molar-refractivity contribution in [1.82, 2.24) is 5.32 Å². The number of alkyl halides is 2. The van der Waals surface area contributed by atoms with Gasteiger partial charge in [0.05, 0.1) is 0 Å². The zero-order chi connectivity index (χ0) is 20.5. The minimum Gasteiger partial charge on any atom is -0.480 e. The second-order valence-electron chi connectivity index (χ2n) is 6.42. The largest absolute Gasteiger partial charge is 0.480 e. The third-order valence-electron chi connectivity index (χ3n) is 4.41. The van der Waals surface area contributed by atoms with Crippen molar-refractivity contribution >= 4 is 40.8 Å². The maximum atomic E-state index is 12.7. The SMILES string of the molecule is Cc1ccc(C(=O)N[C@@H](Cc2ccccc2)C(=O)O)cc1N(CCCl)CCCl. The molecule has 2 N–H and O–H groups in total. The Bertz CT molecular complexity index is 793. The standard InChI is InChI=1S/C21H24Cl2N2O3/c1-15-7-8-17(14-19(15)25(11-9-22)12-10-23)20(26)24-18(21(27)28)13-16-5-3-2-4-6-16/h2-8,14,18H,9-13H2,1H3,(H,24,26)(H,27,28)/t18-/m0/s1. The molecule has 0 radical (unpaired) electrons. The van der Waals surface area contributed by atoms with Crippen LogP contribution in [0.5, 0.6) is 0 Å². The van der Waals surface area contributed by atoms with Gasteiger partial charge in [0.25, 0.3) is 5.91 Å². The smallest absolute Gasteiger partial charge is 0.326 e. The molecule has 0 saturated carbocycles. The van der Waals surface area contributed by atoms with Crippen LogP contribution in [-0.2, 0) is 11.2 Å². The molecule has 150 valence electrons. The van der Waals surface area contributed by atoms with E-state index in [1.165, 1.54) is 0 Å². The number of aryl methyl sites for hydroxylation is 1. The van der Waals surface area contributed by atoms with Crippen LogP contribution in [0.3, 0.4) is 0 Å². The number of nitrogens with zero attached hydrogens (tertiary/aromatic N) is 1. The molecule has 0 heterocycles. The van der Waals surface area contributed by atoms with Gasteiger partial charge in [-0.1, -0.05) is 36.4 Å². The number of anilines is 1. The molecule has 0 saturated heterocycles. The Kier molecular flexibility index (Phi) is 8.61. The van der Waals surface area contributed by atoms with Crippen molar-refractivity contribution in [2.24, 2.45) is 0 Å². The Balaban J connectivity index is 2.20. The lowest BCUT2D eigenvalue weighted by Crippen LogP contribution is -2.42. The zero-order valence-electron chi connectivity index (χ0n) is 15.7. The minimum absolute atomic E-state index is 0.214. The lowest BCUT2D eigenvalue weighted by molar-refractivity contribution is -0.139. The summed E-state index contributed by atoms with van der Waals surface area (Å²) in [5.41, 5.74) is 3.10. The number of aliphatic carboxylic acids is 1. The molecule has 5 nitrogen and oxygen atoms in total. The predicted molar refractivity (Wildman–Crippen MR) is 114 cm³/mol. The highest BCUT2D eigenvalue weighted by atomic mass is 35.5. The van der Waals surface area contributed by atoms with Crippen molar-refractivity contribution in [1.29, 1.82) is 0 Å². The monoisotopic (exact) mass is 422 g/mol. The van der Waals surface area contributed by atoms with Crippen molar-refractivity contribution < 1.29 is 14.7 Å². The molecule has 0 aliphatic heterocycles. The lowest BCUT2D eigenvalue weighted by atomic mass is 10.0. The summed E-state index contributed by atoms with van der Waals surface area (Å²) in [7, 11) is 0. The first-order valence-corrected chi connectivity index (χ1v) is 10.1. The van der Waals surface area contributed by atoms with Gasteiger partial charge in [-0.2, -0.15) is 0 Å². The summed E-state index contributed by atoms with van der Waals surface area (Å²) in [4.78, 5) is 26.3. The summed E-state index contributed by atoms with van der Waals surface area (Å²) >= 11 is 11.8. The highest BCUT2D eigenvalue weighted by molar-refractivity contribution is 6.18. The number of nitrogens with one attached hydrogen (secondary N) is 1. The number of carbonyl (C=O) groups excluding carboxylic acids is 1. The molecule has 1 atom stereocenters.